The highest BCUT2D eigenvalue weighted by Crippen LogP contribution is 2.39. The zero-order chi connectivity index (χ0) is 13.9. The first kappa shape index (κ1) is 14.8. The lowest BCUT2D eigenvalue weighted by Crippen LogP contribution is -2.37. The summed E-state index contributed by atoms with van der Waals surface area (Å²) in [5.74, 6) is -4.59. The van der Waals surface area contributed by atoms with E-state index in [2.05, 4.69) is 4.74 Å². The van der Waals surface area contributed by atoms with E-state index in [1.54, 1.807) is 0 Å². The highest BCUT2D eigenvalue weighted by atomic mass is 19.4. The monoisotopic (exact) mass is 267 g/mol. The van der Waals surface area contributed by atoms with Crippen LogP contribution in [0.2, 0.25) is 0 Å². The number of hydrogen-bond acceptors (Lipinski definition) is 3. The van der Waals surface area contributed by atoms with Gasteiger partial charge in [0.1, 0.15) is 0 Å². The Morgan fingerprint density at radius 2 is 2.17 bits per heavy atom. The summed E-state index contributed by atoms with van der Waals surface area (Å²) in [5, 5.41) is 0. The Bertz CT molecular complexity index is 330. The van der Waals surface area contributed by atoms with Crippen LogP contribution < -0.4 is 0 Å². The average molecular weight is 267 g/mol. The minimum absolute atomic E-state index is 0.0297. The molecule has 1 amide bonds. The first-order valence-electron chi connectivity index (χ1n) is 5.74. The fraction of sp³-hybridized carbons (Fsp3) is 0.818. The van der Waals surface area contributed by atoms with Crippen molar-refractivity contribution in [1.29, 1.82) is 0 Å². The summed E-state index contributed by atoms with van der Waals surface area (Å²) in [6.07, 6.45) is -5.24. The molecule has 1 fully saturated rings. The van der Waals surface area contributed by atoms with Crippen LogP contribution >= 0.6 is 0 Å². The van der Waals surface area contributed by atoms with Crippen molar-refractivity contribution in [3.8, 4) is 0 Å². The Balaban J connectivity index is 2.80. The smallest absolute Gasteiger partial charge is 0.393 e. The molecule has 7 heteroatoms. The number of carbonyl (C=O) groups is 2. The summed E-state index contributed by atoms with van der Waals surface area (Å²) in [7, 11) is 1.46. The molecule has 1 rings (SSSR count). The van der Waals surface area contributed by atoms with Crippen LogP contribution in [0.25, 0.3) is 0 Å². The van der Waals surface area contributed by atoms with Gasteiger partial charge >= 0.3 is 12.1 Å². The summed E-state index contributed by atoms with van der Waals surface area (Å²) in [4.78, 5) is 24.1. The van der Waals surface area contributed by atoms with E-state index in [9.17, 15) is 22.8 Å². The zero-order valence-corrected chi connectivity index (χ0v) is 10.3. The number of carbonyl (C=O) groups excluding carboxylic acids is 2. The molecule has 0 aromatic heterocycles. The van der Waals surface area contributed by atoms with E-state index in [1.807, 2.05) is 0 Å². The van der Waals surface area contributed by atoms with E-state index < -0.39 is 36.3 Å². The maximum Gasteiger partial charge on any atom is 0.393 e. The SMILES string of the molecule is CCOC(=O)CC(C1CCN(C)C1=O)C(F)(F)F. The molecule has 1 aliphatic rings. The van der Waals surface area contributed by atoms with Crippen molar-refractivity contribution in [3.05, 3.63) is 0 Å². The van der Waals surface area contributed by atoms with Gasteiger partial charge in [0.15, 0.2) is 0 Å². The summed E-state index contributed by atoms with van der Waals surface area (Å²) >= 11 is 0. The Morgan fingerprint density at radius 1 is 1.56 bits per heavy atom. The molecule has 1 aliphatic heterocycles. The molecule has 18 heavy (non-hydrogen) atoms. The molecular weight excluding hydrogens is 251 g/mol. The maximum absolute atomic E-state index is 12.9. The lowest BCUT2D eigenvalue weighted by atomic mass is 9.87. The van der Waals surface area contributed by atoms with Crippen LogP contribution in [0.1, 0.15) is 19.8 Å². The van der Waals surface area contributed by atoms with Gasteiger partial charge < -0.3 is 9.64 Å². The largest absolute Gasteiger partial charge is 0.466 e. The molecule has 0 bridgehead atoms. The predicted octanol–water partition coefficient (Wildman–Crippen LogP) is 1.60. The van der Waals surface area contributed by atoms with Crippen LogP contribution in [0.15, 0.2) is 0 Å². The number of likely N-dealkylation sites (tertiary alicyclic amines) is 1. The second kappa shape index (κ2) is 5.58. The Morgan fingerprint density at radius 3 is 2.56 bits per heavy atom. The lowest BCUT2D eigenvalue weighted by Gasteiger charge is -2.24. The molecule has 0 N–H and O–H groups in total. The number of ether oxygens (including phenoxy) is 1. The van der Waals surface area contributed by atoms with Gasteiger partial charge in [-0.25, -0.2) is 0 Å². The van der Waals surface area contributed by atoms with Gasteiger partial charge in [-0.3, -0.25) is 9.59 Å². The third kappa shape index (κ3) is 3.36. The molecule has 2 atom stereocenters. The second-order valence-electron chi connectivity index (χ2n) is 4.31. The standard InChI is InChI=1S/C11H16F3NO3/c1-3-18-9(16)6-8(11(12,13)14)7-4-5-15(2)10(7)17/h7-8H,3-6H2,1-2H3. The van der Waals surface area contributed by atoms with Crippen molar-refractivity contribution < 1.29 is 27.5 Å². The fourth-order valence-electron chi connectivity index (χ4n) is 2.11. The summed E-state index contributed by atoms with van der Waals surface area (Å²) < 4.78 is 43.2. The van der Waals surface area contributed by atoms with Crippen molar-refractivity contribution in [2.45, 2.75) is 25.9 Å². The first-order valence-corrected chi connectivity index (χ1v) is 5.74. The molecule has 0 aromatic carbocycles. The lowest BCUT2D eigenvalue weighted by molar-refractivity contribution is -0.197. The third-order valence-corrected chi connectivity index (χ3v) is 3.07. The molecule has 0 spiro atoms. The van der Waals surface area contributed by atoms with E-state index in [4.69, 9.17) is 0 Å². The van der Waals surface area contributed by atoms with Crippen LogP contribution in [-0.2, 0) is 14.3 Å². The summed E-state index contributed by atoms with van der Waals surface area (Å²) in [6, 6.07) is 0. The number of halogens is 3. The van der Waals surface area contributed by atoms with Gasteiger partial charge in [0.25, 0.3) is 0 Å². The van der Waals surface area contributed by atoms with Crippen LogP contribution in [0.3, 0.4) is 0 Å². The third-order valence-electron chi connectivity index (χ3n) is 3.07. The molecular formula is C11H16F3NO3. The van der Waals surface area contributed by atoms with Crippen LogP contribution in [0.4, 0.5) is 13.2 Å². The van der Waals surface area contributed by atoms with E-state index in [0.29, 0.717) is 6.54 Å². The molecule has 104 valence electrons. The van der Waals surface area contributed by atoms with Gasteiger partial charge in [-0.15, -0.1) is 0 Å². The molecule has 1 heterocycles. The van der Waals surface area contributed by atoms with Crippen molar-refractivity contribution in [2.75, 3.05) is 20.2 Å². The van der Waals surface area contributed by atoms with Crippen molar-refractivity contribution in [2.24, 2.45) is 11.8 Å². The Labute approximate surface area is 103 Å². The number of hydrogen-bond donors (Lipinski definition) is 0. The zero-order valence-electron chi connectivity index (χ0n) is 10.3. The van der Waals surface area contributed by atoms with Crippen LogP contribution in [0.5, 0.6) is 0 Å². The molecule has 0 saturated carbocycles. The molecule has 1 saturated heterocycles. The summed E-state index contributed by atoms with van der Waals surface area (Å²) in [6.45, 7) is 1.84. The van der Waals surface area contributed by atoms with Gasteiger partial charge in [0, 0.05) is 13.6 Å². The van der Waals surface area contributed by atoms with Crippen molar-refractivity contribution >= 4 is 11.9 Å². The van der Waals surface area contributed by atoms with Crippen molar-refractivity contribution in [1.82, 2.24) is 4.90 Å². The first-order chi connectivity index (χ1) is 8.27. The molecule has 4 nitrogen and oxygen atoms in total. The molecule has 2 unspecified atom stereocenters. The highest BCUT2D eigenvalue weighted by Gasteiger charge is 2.50. The fourth-order valence-corrected chi connectivity index (χ4v) is 2.11. The number of rotatable bonds is 4. The number of esters is 1. The molecule has 0 radical (unpaired) electrons. The minimum atomic E-state index is -4.57. The van der Waals surface area contributed by atoms with Crippen molar-refractivity contribution in [3.63, 3.8) is 0 Å². The van der Waals surface area contributed by atoms with Gasteiger partial charge in [-0.05, 0) is 13.3 Å². The van der Waals surface area contributed by atoms with Gasteiger partial charge in [0.2, 0.25) is 5.91 Å². The number of nitrogens with zero attached hydrogens (tertiary/aromatic N) is 1. The van der Waals surface area contributed by atoms with E-state index in [1.165, 1.54) is 18.9 Å². The number of amides is 1. The average Bonchev–Trinajstić information content (AvgIpc) is 2.56. The minimum Gasteiger partial charge on any atom is -0.466 e. The molecule has 0 aliphatic carbocycles. The second-order valence-corrected chi connectivity index (χ2v) is 4.31. The van der Waals surface area contributed by atoms with E-state index in [-0.39, 0.29) is 13.0 Å². The van der Waals surface area contributed by atoms with Gasteiger partial charge in [-0.2, -0.15) is 13.2 Å². The van der Waals surface area contributed by atoms with Gasteiger partial charge in [-0.1, -0.05) is 0 Å². The Hall–Kier alpha value is -1.27. The summed E-state index contributed by atoms with van der Waals surface area (Å²) in [5.41, 5.74) is 0. The number of alkyl halides is 3. The van der Waals surface area contributed by atoms with E-state index in [0.717, 1.165) is 0 Å². The van der Waals surface area contributed by atoms with Crippen LogP contribution in [-0.4, -0.2) is 43.2 Å². The highest BCUT2D eigenvalue weighted by molar-refractivity contribution is 5.82. The van der Waals surface area contributed by atoms with Crippen LogP contribution in [0, 0.1) is 11.8 Å². The topological polar surface area (TPSA) is 46.6 Å². The normalized spacial score (nSPS) is 22.2. The Kier molecular flexibility index (Phi) is 4.59. The van der Waals surface area contributed by atoms with E-state index >= 15 is 0 Å². The maximum atomic E-state index is 12.9. The quantitative estimate of drug-likeness (QED) is 0.727. The molecule has 0 aromatic rings. The predicted molar refractivity (Wildman–Crippen MR) is 56.5 cm³/mol. The van der Waals surface area contributed by atoms with Gasteiger partial charge in [0.05, 0.1) is 24.9 Å².